The third-order valence-electron chi connectivity index (χ3n) is 4.16. The number of alkyl halides is 3. The first kappa shape index (κ1) is 14.4. The predicted molar refractivity (Wildman–Crippen MR) is 75.2 cm³/mol. The lowest BCUT2D eigenvalue weighted by atomic mass is 10.1. The first-order valence-electron chi connectivity index (χ1n) is 7.15. The number of aromatic amines is 1. The molecule has 114 valence electrons. The van der Waals surface area contributed by atoms with Crippen LogP contribution in [0.3, 0.4) is 0 Å². The van der Waals surface area contributed by atoms with E-state index >= 15 is 0 Å². The number of rotatable bonds is 2. The summed E-state index contributed by atoms with van der Waals surface area (Å²) in [5.74, 6) is 1.07. The molecule has 1 aliphatic rings. The third-order valence-corrected chi connectivity index (χ3v) is 4.16. The summed E-state index contributed by atoms with van der Waals surface area (Å²) in [7, 11) is 0. The van der Waals surface area contributed by atoms with Crippen molar-refractivity contribution in [3.63, 3.8) is 0 Å². The minimum absolute atomic E-state index is 0.272. The van der Waals surface area contributed by atoms with Crippen LogP contribution in [0.5, 0.6) is 0 Å². The smallest absolute Gasteiger partial charge is 0.342 e. The fourth-order valence-electron chi connectivity index (χ4n) is 2.88. The standard InChI is InChI=1S/C15H18F3N3/c1-9(2)21-6-5-10(8-21)14-19-12-4-3-11(15(16,17)18)7-13(12)20-14/h3-4,7,9-10H,5-6,8H2,1-2H3,(H,19,20)/t10-/m0/s1. The van der Waals surface area contributed by atoms with Gasteiger partial charge in [0.15, 0.2) is 0 Å². The zero-order chi connectivity index (χ0) is 15.2. The van der Waals surface area contributed by atoms with Crippen LogP contribution in [0, 0.1) is 0 Å². The van der Waals surface area contributed by atoms with Crippen LogP contribution in [0.2, 0.25) is 0 Å². The Kier molecular flexibility index (Phi) is 3.43. The molecule has 1 aromatic heterocycles. The van der Waals surface area contributed by atoms with Gasteiger partial charge in [-0.25, -0.2) is 4.98 Å². The quantitative estimate of drug-likeness (QED) is 0.915. The maximum Gasteiger partial charge on any atom is 0.416 e. The molecule has 1 atom stereocenters. The normalized spacial score (nSPS) is 20.8. The molecule has 2 heterocycles. The van der Waals surface area contributed by atoms with Gasteiger partial charge in [0, 0.05) is 18.5 Å². The van der Waals surface area contributed by atoms with Crippen molar-refractivity contribution in [3.05, 3.63) is 29.6 Å². The molecule has 0 spiro atoms. The molecular formula is C15H18F3N3. The lowest BCUT2D eigenvalue weighted by molar-refractivity contribution is -0.137. The number of aromatic nitrogens is 2. The van der Waals surface area contributed by atoms with Crippen LogP contribution in [-0.4, -0.2) is 34.0 Å². The van der Waals surface area contributed by atoms with Gasteiger partial charge in [-0.1, -0.05) is 0 Å². The van der Waals surface area contributed by atoms with E-state index in [1.54, 1.807) is 0 Å². The molecule has 1 aliphatic heterocycles. The number of benzene rings is 1. The van der Waals surface area contributed by atoms with Gasteiger partial charge >= 0.3 is 6.18 Å². The Labute approximate surface area is 121 Å². The van der Waals surface area contributed by atoms with Crippen molar-refractivity contribution in [2.24, 2.45) is 0 Å². The number of hydrogen-bond acceptors (Lipinski definition) is 2. The van der Waals surface area contributed by atoms with Gasteiger partial charge in [0.1, 0.15) is 5.82 Å². The highest BCUT2D eigenvalue weighted by Gasteiger charge is 2.31. The fraction of sp³-hybridized carbons (Fsp3) is 0.533. The van der Waals surface area contributed by atoms with Gasteiger partial charge in [0.25, 0.3) is 0 Å². The Morgan fingerprint density at radius 1 is 1.33 bits per heavy atom. The Morgan fingerprint density at radius 3 is 2.71 bits per heavy atom. The van der Waals surface area contributed by atoms with Crippen molar-refractivity contribution >= 4 is 11.0 Å². The van der Waals surface area contributed by atoms with Crippen LogP contribution in [0.4, 0.5) is 13.2 Å². The Balaban J connectivity index is 1.88. The minimum atomic E-state index is -4.32. The Morgan fingerprint density at radius 2 is 2.10 bits per heavy atom. The van der Waals surface area contributed by atoms with Gasteiger partial charge < -0.3 is 9.88 Å². The van der Waals surface area contributed by atoms with Crippen molar-refractivity contribution in [2.45, 2.75) is 38.4 Å². The lowest BCUT2D eigenvalue weighted by Gasteiger charge is -2.19. The summed E-state index contributed by atoms with van der Waals surface area (Å²) in [6.45, 7) is 6.21. The van der Waals surface area contributed by atoms with Gasteiger partial charge in [-0.2, -0.15) is 13.2 Å². The fourth-order valence-corrected chi connectivity index (χ4v) is 2.88. The number of imidazole rings is 1. The van der Waals surface area contributed by atoms with Gasteiger partial charge in [0.2, 0.25) is 0 Å². The second-order valence-corrected chi connectivity index (χ2v) is 5.93. The van der Waals surface area contributed by atoms with E-state index in [1.807, 2.05) is 0 Å². The van der Waals surface area contributed by atoms with Crippen LogP contribution in [0.25, 0.3) is 11.0 Å². The molecule has 1 fully saturated rings. The number of likely N-dealkylation sites (tertiary alicyclic amines) is 1. The van der Waals surface area contributed by atoms with E-state index in [9.17, 15) is 13.2 Å². The molecular weight excluding hydrogens is 279 g/mol. The topological polar surface area (TPSA) is 31.9 Å². The number of hydrogen-bond donors (Lipinski definition) is 1. The molecule has 1 aromatic carbocycles. The Hall–Kier alpha value is -1.56. The van der Waals surface area contributed by atoms with E-state index in [0.717, 1.165) is 37.5 Å². The minimum Gasteiger partial charge on any atom is -0.342 e. The summed E-state index contributed by atoms with van der Waals surface area (Å²) in [5, 5.41) is 0. The first-order chi connectivity index (χ1) is 9.84. The zero-order valence-electron chi connectivity index (χ0n) is 12.0. The Bertz CT molecular complexity index is 645. The second-order valence-electron chi connectivity index (χ2n) is 5.93. The van der Waals surface area contributed by atoms with E-state index in [0.29, 0.717) is 17.1 Å². The molecule has 1 saturated heterocycles. The average molecular weight is 297 g/mol. The number of H-pyrrole nitrogens is 1. The van der Waals surface area contributed by atoms with Crippen molar-refractivity contribution < 1.29 is 13.2 Å². The summed E-state index contributed by atoms with van der Waals surface area (Å²) >= 11 is 0. The summed E-state index contributed by atoms with van der Waals surface area (Å²) in [4.78, 5) is 9.89. The molecule has 6 heteroatoms. The largest absolute Gasteiger partial charge is 0.416 e. The molecule has 0 amide bonds. The SMILES string of the molecule is CC(C)N1CC[C@H](c2nc3ccc(C(F)(F)F)cc3[nH]2)C1. The molecule has 0 aliphatic carbocycles. The number of halogens is 3. The average Bonchev–Trinajstić information content (AvgIpc) is 3.03. The van der Waals surface area contributed by atoms with Crippen molar-refractivity contribution in [1.29, 1.82) is 0 Å². The predicted octanol–water partition coefficient (Wildman–Crippen LogP) is 3.78. The van der Waals surface area contributed by atoms with Crippen LogP contribution >= 0.6 is 0 Å². The molecule has 3 nitrogen and oxygen atoms in total. The third kappa shape index (κ3) is 2.77. The van der Waals surface area contributed by atoms with Gasteiger partial charge in [-0.3, -0.25) is 0 Å². The lowest BCUT2D eigenvalue weighted by Crippen LogP contribution is -2.28. The molecule has 3 rings (SSSR count). The van der Waals surface area contributed by atoms with E-state index in [1.165, 1.54) is 6.07 Å². The highest BCUT2D eigenvalue weighted by molar-refractivity contribution is 5.76. The van der Waals surface area contributed by atoms with Crippen LogP contribution in [0.1, 0.15) is 37.6 Å². The van der Waals surface area contributed by atoms with Crippen molar-refractivity contribution in [2.75, 3.05) is 13.1 Å². The summed E-state index contributed by atoms with van der Waals surface area (Å²) in [6, 6.07) is 4.15. The maximum absolute atomic E-state index is 12.7. The van der Waals surface area contributed by atoms with Crippen LogP contribution in [0.15, 0.2) is 18.2 Å². The monoisotopic (exact) mass is 297 g/mol. The molecule has 0 saturated carbocycles. The second kappa shape index (κ2) is 5.02. The van der Waals surface area contributed by atoms with Crippen molar-refractivity contribution in [1.82, 2.24) is 14.9 Å². The van der Waals surface area contributed by atoms with Gasteiger partial charge in [-0.05, 0) is 45.0 Å². The van der Waals surface area contributed by atoms with E-state index in [4.69, 9.17) is 0 Å². The highest BCUT2D eigenvalue weighted by Crippen LogP contribution is 2.32. The van der Waals surface area contributed by atoms with Crippen LogP contribution in [-0.2, 0) is 6.18 Å². The molecule has 0 radical (unpaired) electrons. The molecule has 21 heavy (non-hydrogen) atoms. The highest BCUT2D eigenvalue weighted by atomic mass is 19.4. The summed E-state index contributed by atoms with van der Waals surface area (Å²) in [5.41, 5.74) is 0.421. The van der Waals surface area contributed by atoms with E-state index in [-0.39, 0.29) is 5.92 Å². The first-order valence-corrected chi connectivity index (χ1v) is 7.15. The number of nitrogens with one attached hydrogen (secondary N) is 1. The van der Waals surface area contributed by atoms with Crippen LogP contribution < -0.4 is 0 Å². The zero-order valence-corrected chi connectivity index (χ0v) is 12.0. The maximum atomic E-state index is 12.7. The molecule has 0 unspecified atom stereocenters. The number of fused-ring (bicyclic) bond motifs is 1. The van der Waals surface area contributed by atoms with Gasteiger partial charge in [0.05, 0.1) is 16.6 Å². The molecule has 2 aromatic rings. The van der Waals surface area contributed by atoms with E-state index in [2.05, 4.69) is 28.7 Å². The van der Waals surface area contributed by atoms with E-state index < -0.39 is 11.7 Å². The summed E-state index contributed by atoms with van der Waals surface area (Å²) in [6.07, 6.45) is -3.33. The summed E-state index contributed by atoms with van der Waals surface area (Å²) < 4.78 is 38.2. The molecule has 0 bridgehead atoms. The molecule has 1 N–H and O–H groups in total. The van der Waals surface area contributed by atoms with Gasteiger partial charge in [-0.15, -0.1) is 0 Å². The van der Waals surface area contributed by atoms with Crippen molar-refractivity contribution in [3.8, 4) is 0 Å². The number of nitrogens with zero attached hydrogens (tertiary/aromatic N) is 2.